The molecule has 5 heteroatoms. The molecule has 17 heavy (non-hydrogen) atoms. The number of likely N-dealkylation sites (tertiary alicyclic amines) is 1. The zero-order valence-electron chi connectivity index (χ0n) is 9.46. The lowest BCUT2D eigenvalue weighted by atomic mass is 9.95. The summed E-state index contributed by atoms with van der Waals surface area (Å²) in [5, 5.41) is 9.53. The van der Waals surface area contributed by atoms with Gasteiger partial charge in [0.25, 0.3) is 0 Å². The maximum Gasteiger partial charge on any atom is 0.416 e. The molecule has 1 aromatic rings. The van der Waals surface area contributed by atoms with Gasteiger partial charge in [-0.05, 0) is 18.6 Å². The van der Waals surface area contributed by atoms with Crippen molar-refractivity contribution in [3.8, 4) is 0 Å². The number of benzene rings is 1. The number of rotatable bonds is 2. The largest absolute Gasteiger partial charge is 0.416 e. The zero-order chi connectivity index (χ0) is 12.7. The van der Waals surface area contributed by atoms with Crippen molar-refractivity contribution in [2.75, 3.05) is 13.1 Å². The average Bonchev–Trinajstić information content (AvgIpc) is 2.14. The molecule has 0 aromatic heterocycles. The number of alkyl halides is 3. The van der Waals surface area contributed by atoms with E-state index in [2.05, 4.69) is 0 Å². The number of halogens is 3. The molecule has 1 aliphatic rings. The van der Waals surface area contributed by atoms with E-state index in [9.17, 15) is 18.3 Å². The van der Waals surface area contributed by atoms with Crippen molar-refractivity contribution in [2.24, 2.45) is 0 Å². The summed E-state index contributed by atoms with van der Waals surface area (Å²) in [5.41, 5.74) is -1.09. The van der Waals surface area contributed by atoms with Gasteiger partial charge < -0.3 is 5.11 Å². The van der Waals surface area contributed by atoms with E-state index >= 15 is 0 Å². The highest BCUT2D eigenvalue weighted by molar-refractivity contribution is 5.29. The number of hydrogen-bond donors (Lipinski definition) is 1. The minimum atomic E-state index is -4.32. The normalized spacial score (nSPS) is 20.1. The molecule has 0 aliphatic carbocycles. The van der Waals surface area contributed by atoms with Crippen LogP contribution in [0.3, 0.4) is 0 Å². The first-order valence-corrected chi connectivity index (χ1v) is 5.38. The highest BCUT2D eigenvalue weighted by Gasteiger charge is 2.38. The van der Waals surface area contributed by atoms with Gasteiger partial charge in [-0.15, -0.1) is 0 Å². The second kappa shape index (κ2) is 3.99. The number of hydrogen-bond acceptors (Lipinski definition) is 2. The smallest absolute Gasteiger partial charge is 0.388 e. The van der Waals surface area contributed by atoms with E-state index in [-0.39, 0.29) is 12.1 Å². The number of aliphatic hydroxyl groups is 1. The van der Waals surface area contributed by atoms with Crippen LogP contribution in [0.5, 0.6) is 0 Å². The lowest BCUT2D eigenvalue weighted by Crippen LogP contribution is -2.59. The molecular formula is C12H14F3NO. The summed E-state index contributed by atoms with van der Waals surface area (Å²) >= 11 is 0. The quantitative estimate of drug-likeness (QED) is 0.864. The minimum absolute atomic E-state index is 0.228. The average molecular weight is 245 g/mol. The van der Waals surface area contributed by atoms with Crippen molar-refractivity contribution in [3.05, 3.63) is 35.4 Å². The lowest BCUT2D eigenvalue weighted by Gasteiger charge is -2.44. The first-order valence-electron chi connectivity index (χ1n) is 5.38. The Balaban J connectivity index is 2.12. The molecule has 1 saturated heterocycles. The third kappa shape index (κ3) is 2.79. The fraction of sp³-hybridized carbons (Fsp3) is 0.500. The van der Waals surface area contributed by atoms with E-state index in [1.165, 1.54) is 12.1 Å². The molecule has 0 saturated carbocycles. The molecule has 1 aliphatic heterocycles. The maximum atomic E-state index is 12.7. The Morgan fingerprint density at radius 3 is 2.41 bits per heavy atom. The van der Waals surface area contributed by atoms with Crippen LogP contribution in [0.15, 0.2) is 24.3 Å². The lowest BCUT2D eigenvalue weighted by molar-refractivity contribution is -0.139. The van der Waals surface area contributed by atoms with Gasteiger partial charge in [0.2, 0.25) is 0 Å². The van der Waals surface area contributed by atoms with Gasteiger partial charge in [-0.3, -0.25) is 4.90 Å². The molecule has 0 unspecified atom stereocenters. The highest BCUT2D eigenvalue weighted by Crippen LogP contribution is 2.33. The molecule has 0 spiro atoms. The summed E-state index contributed by atoms with van der Waals surface area (Å²) in [5.74, 6) is 0. The van der Waals surface area contributed by atoms with Crippen molar-refractivity contribution in [1.82, 2.24) is 4.90 Å². The standard InChI is InChI=1S/C12H14F3NO/c1-11(17)7-16(8-11)6-9-4-2-3-5-10(9)12(13,14)15/h2-5,17H,6-8H2,1H3. The second-order valence-electron chi connectivity index (χ2n) is 4.80. The van der Waals surface area contributed by atoms with Crippen LogP contribution in [-0.4, -0.2) is 28.7 Å². The van der Waals surface area contributed by atoms with Crippen LogP contribution in [0, 0.1) is 0 Å². The molecule has 1 fully saturated rings. The summed E-state index contributed by atoms with van der Waals surface area (Å²) in [4.78, 5) is 1.80. The van der Waals surface area contributed by atoms with E-state index in [4.69, 9.17) is 0 Å². The van der Waals surface area contributed by atoms with Crippen molar-refractivity contribution < 1.29 is 18.3 Å². The Hall–Kier alpha value is -1.07. The molecule has 94 valence electrons. The predicted molar refractivity (Wildman–Crippen MR) is 57.3 cm³/mol. The summed E-state index contributed by atoms with van der Waals surface area (Å²) in [7, 11) is 0. The maximum absolute atomic E-state index is 12.7. The number of nitrogens with zero attached hydrogens (tertiary/aromatic N) is 1. The van der Waals surface area contributed by atoms with Crippen LogP contribution >= 0.6 is 0 Å². The Morgan fingerprint density at radius 1 is 1.29 bits per heavy atom. The van der Waals surface area contributed by atoms with Crippen LogP contribution in [0.1, 0.15) is 18.1 Å². The Labute approximate surface area is 97.7 Å². The van der Waals surface area contributed by atoms with Crippen molar-refractivity contribution in [3.63, 3.8) is 0 Å². The molecule has 1 N–H and O–H groups in total. The van der Waals surface area contributed by atoms with Crippen LogP contribution in [0.2, 0.25) is 0 Å². The third-order valence-electron chi connectivity index (χ3n) is 2.85. The molecule has 2 rings (SSSR count). The number of β-amino-alcohol motifs (C(OH)–C–C–N with tert-alkyl or cyclic N) is 1. The molecule has 1 aromatic carbocycles. The van der Waals surface area contributed by atoms with Crippen LogP contribution in [0.4, 0.5) is 13.2 Å². The Kier molecular flexibility index (Phi) is 2.91. The van der Waals surface area contributed by atoms with Crippen molar-refractivity contribution in [2.45, 2.75) is 25.2 Å². The molecule has 2 nitrogen and oxygen atoms in total. The molecule has 1 heterocycles. The van der Waals surface area contributed by atoms with Crippen LogP contribution in [0.25, 0.3) is 0 Å². The van der Waals surface area contributed by atoms with E-state index < -0.39 is 17.3 Å². The molecule has 0 radical (unpaired) electrons. The first-order chi connectivity index (χ1) is 7.78. The van der Waals surface area contributed by atoms with Gasteiger partial charge in [0, 0.05) is 19.6 Å². The fourth-order valence-corrected chi connectivity index (χ4v) is 2.20. The molecule has 0 bridgehead atoms. The summed E-state index contributed by atoms with van der Waals surface area (Å²) < 4.78 is 38.1. The summed E-state index contributed by atoms with van der Waals surface area (Å²) in [6.07, 6.45) is -4.32. The van der Waals surface area contributed by atoms with Gasteiger partial charge in [-0.1, -0.05) is 18.2 Å². The SMILES string of the molecule is CC1(O)CN(Cc2ccccc2C(F)(F)F)C1. The predicted octanol–water partition coefficient (Wildman–Crippen LogP) is 2.27. The summed E-state index contributed by atoms with van der Waals surface area (Å²) in [6.45, 7) is 2.74. The van der Waals surface area contributed by atoms with Gasteiger partial charge >= 0.3 is 6.18 Å². The second-order valence-corrected chi connectivity index (χ2v) is 4.80. The van der Waals surface area contributed by atoms with E-state index in [0.29, 0.717) is 13.1 Å². The van der Waals surface area contributed by atoms with E-state index in [0.717, 1.165) is 6.07 Å². The van der Waals surface area contributed by atoms with Gasteiger partial charge in [-0.2, -0.15) is 13.2 Å². The first kappa shape index (κ1) is 12.4. The van der Waals surface area contributed by atoms with Crippen LogP contribution < -0.4 is 0 Å². The van der Waals surface area contributed by atoms with E-state index in [1.807, 2.05) is 0 Å². The molecular weight excluding hydrogens is 231 g/mol. The van der Waals surface area contributed by atoms with Crippen LogP contribution in [-0.2, 0) is 12.7 Å². The van der Waals surface area contributed by atoms with Gasteiger partial charge in [0.1, 0.15) is 0 Å². The van der Waals surface area contributed by atoms with Crippen molar-refractivity contribution in [1.29, 1.82) is 0 Å². The fourth-order valence-electron chi connectivity index (χ4n) is 2.20. The zero-order valence-corrected chi connectivity index (χ0v) is 9.46. The molecule has 0 amide bonds. The summed E-state index contributed by atoms with van der Waals surface area (Å²) in [6, 6.07) is 5.56. The third-order valence-corrected chi connectivity index (χ3v) is 2.85. The molecule has 0 atom stereocenters. The topological polar surface area (TPSA) is 23.5 Å². The van der Waals surface area contributed by atoms with Gasteiger partial charge in [-0.25, -0.2) is 0 Å². The minimum Gasteiger partial charge on any atom is -0.388 e. The highest BCUT2D eigenvalue weighted by atomic mass is 19.4. The van der Waals surface area contributed by atoms with Gasteiger partial charge in [0.15, 0.2) is 0 Å². The van der Waals surface area contributed by atoms with Crippen molar-refractivity contribution >= 4 is 0 Å². The monoisotopic (exact) mass is 245 g/mol. The Morgan fingerprint density at radius 2 is 1.88 bits per heavy atom. The van der Waals surface area contributed by atoms with E-state index in [1.54, 1.807) is 17.9 Å². The van der Waals surface area contributed by atoms with Gasteiger partial charge in [0.05, 0.1) is 11.2 Å². The Bertz CT molecular complexity index is 406.